The summed E-state index contributed by atoms with van der Waals surface area (Å²) in [6.07, 6.45) is 1.87. The van der Waals surface area contributed by atoms with Crippen LogP contribution in [0.1, 0.15) is 10.4 Å². The molecule has 0 atom stereocenters. The molecule has 17 heavy (non-hydrogen) atoms. The van der Waals surface area contributed by atoms with E-state index in [9.17, 15) is 4.79 Å². The zero-order chi connectivity index (χ0) is 12.3. The Morgan fingerprint density at radius 3 is 2.65 bits per heavy atom. The van der Waals surface area contributed by atoms with Gasteiger partial charge in [-0.05, 0) is 18.2 Å². The van der Waals surface area contributed by atoms with E-state index in [1.54, 1.807) is 0 Å². The summed E-state index contributed by atoms with van der Waals surface area (Å²) in [6, 6.07) is 13.2. The number of aromatic nitrogens is 1. The molecule has 0 unspecified atom stereocenters. The lowest BCUT2D eigenvalue weighted by atomic mass is 10.1. The van der Waals surface area contributed by atoms with Crippen molar-refractivity contribution >= 4 is 37.6 Å². The van der Waals surface area contributed by atoms with Gasteiger partial charge in [-0.1, -0.05) is 28.1 Å². The Labute approximate surface area is 117 Å². The Morgan fingerprint density at radius 2 is 1.94 bits per heavy atom. The van der Waals surface area contributed by atoms with Crippen LogP contribution in [0, 0.1) is 0 Å². The molecule has 1 aromatic carbocycles. The SMILES string of the molecule is O=C(C[n+]1ccccc1Br)c1cccc(Br)c1. The van der Waals surface area contributed by atoms with Crippen molar-refractivity contribution in [2.45, 2.75) is 6.54 Å². The van der Waals surface area contributed by atoms with Crippen LogP contribution in [-0.2, 0) is 6.54 Å². The second kappa shape index (κ2) is 5.56. The highest BCUT2D eigenvalue weighted by Crippen LogP contribution is 2.12. The highest BCUT2D eigenvalue weighted by molar-refractivity contribution is 9.10. The van der Waals surface area contributed by atoms with Gasteiger partial charge < -0.3 is 0 Å². The predicted molar refractivity (Wildman–Crippen MR) is 72.8 cm³/mol. The van der Waals surface area contributed by atoms with E-state index < -0.39 is 0 Å². The first-order valence-corrected chi connectivity index (χ1v) is 6.68. The van der Waals surface area contributed by atoms with Gasteiger partial charge in [-0.3, -0.25) is 4.79 Å². The van der Waals surface area contributed by atoms with Crippen LogP contribution in [0.25, 0.3) is 0 Å². The van der Waals surface area contributed by atoms with Gasteiger partial charge in [-0.15, -0.1) is 0 Å². The summed E-state index contributed by atoms with van der Waals surface area (Å²) < 4.78 is 3.67. The van der Waals surface area contributed by atoms with E-state index in [-0.39, 0.29) is 5.78 Å². The minimum atomic E-state index is 0.0863. The average molecular weight is 356 g/mol. The van der Waals surface area contributed by atoms with E-state index in [1.807, 2.05) is 53.2 Å². The Morgan fingerprint density at radius 1 is 1.12 bits per heavy atom. The Hall–Kier alpha value is -1.00. The zero-order valence-electron chi connectivity index (χ0n) is 8.94. The maximum Gasteiger partial charge on any atom is 0.248 e. The smallest absolute Gasteiger partial charge is 0.248 e. The fourth-order valence-corrected chi connectivity index (χ4v) is 2.29. The third kappa shape index (κ3) is 3.23. The molecular weight excluding hydrogens is 346 g/mol. The van der Waals surface area contributed by atoms with Gasteiger partial charge >= 0.3 is 0 Å². The Balaban J connectivity index is 2.20. The molecule has 0 saturated carbocycles. The van der Waals surface area contributed by atoms with E-state index in [4.69, 9.17) is 0 Å². The van der Waals surface area contributed by atoms with Crippen LogP contribution < -0.4 is 4.57 Å². The second-order valence-electron chi connectivity index (χ2n) is 3.58. The molecule has 1 heterocycles. The van der Waals surface area contributed by atoms with Crippen molar-refractivity contribution in [3.63, 3.8) is 0 Å². The molecule has 0 aliphatic carbocycles. The highest BCUT2D eigenvalue weighted by atomic mass is 79.9. The molecule has 0 fully saturated rings. The number of pyridine rings is 1. The van der Waals surface area contributed by atoms with Gasteiger partial charge in [0.2, 0.25) is 16.9 Å². The van der Waals surface area contributed by atoms with Gasteiger partial charge in [-0.2, -0.15) is 4.57 Å². The Bertz CT molecular complexity index is 555. The molecule has 0 aliphatic heterocycles. The van der Waals surface area contributed by atoms with Gasteiger partial charge in [0.1, 0.15) is 0 Å². The first kappa shape index (κ1) is 12.5. The average Bonchev–Trinajstić information content (AvgIpc) is 2.32. The van der Waals surface area contributed by atoms with Gasteiger partial charge in [-0.25, -0.2) is 0 Å². The van der Waals surface area contributed by atoms with Crippen LogP contribution in [0.3, 0.4) is 0 Å². The standard InChI is InChI=1S/C13H10Br2NO/c14-11-5-3-4-10(8-11)12(17)9-16-7-2-1-6-13(16)15/h1-8H,9H2/q+1. The molecule has 1 aromatic heterocycles. The van der Waals surface area contributed by atoms with Crippen molar-refractivity contribution in [2.75, 3.05) is 0 Å². The molecule has 0 radical (unpaired) electrons. The van der Waals surface area contributed by atoms with E-state index >= 15 is 0 Å². The number of Topliss-reactive ketones (excluding diaryl/α,β-unsaturated/α-hetero) is 1. The molecule has 0 bridgehead atoms. The van der Waals surface area contributed by atoms with Crippen molar-refractivity contribution in [3.05, 3.63) is 63.3 Å². The number of nitrogens with zero attached hydrogens (tertiary/aromatic N) is 1. The van der Waals surface area contributed by atoms with E-state index in [2.05, 4.69) is 31.9 Å². The number of ketones is 1. The number of benzene rings is 1. The third-order valence-corrected chi connectivity index (χ3v) is 3.56. The third-order valence-electron chi connectivity index (χ3n) is 2.35. The zero-order valence-corrected chi connectivity index (χ0v) is 12.1. The fraction of sp³-hybridized carbons (Fsp3) is 0.0769. The van der Waals surface area contributed by atoms with Gasteiger partial charge in [0.25, 0.3) is 0 Å². The van der Waals surface area contributed by atoms with Crippen LogP contribution in [0.5, 0.6) is 0 Å². The number of carbonyl (C=O) groups is 1. The summed E-state index contributed by atoms with van der Waals surface area (Å²) in [7, 11) is 0. The molecule has 0 aliphatic rings. The lowest BCUT2D eigenvalue weighted by Gasteiger charge is -2.00. The summed E-state index contributed by atoms with van der Waals surface area (Å²) in [5, 5.41) is 0. The number of hydrogen-bond acceptors (Lipinski definition) is 1. The van der Waals surface area contributed by atoms with Gasteiger partial charge in [0.15, 0.2) is 6.20 Å². The molecule has 0 spiro atoms. The van der Waals surface area contributed by atoms with Gasteiger partial charge in [0.05, 0.1) is 0 Å². The largest absolute Gasteiger partial charge is 0.287 e. The lowest BCUT2D eigenvalue weighted by molar-refractivity contribution is -0.694. The van der Waals surface area contributed by atoms with Gasteiger partial charge in [0, 0.05) is 38.1 Å². The second-order valence-corrected chi connectivity index (χ2v) is 5.31. The summed E-state index contributed by atoms with van der Waals surface area (Å²) in [5.74, 6) is 0.0863. The predicted octanol–water partition coefficient (Wildman–Crippen LogP) is 3.38. The molecule has 2 aromatic rings. The molecule has 0 amide bonds. The summed E-state index contributed by atoms with van der Waals surface area (Å²) in [6.45, 7) is 0.331. The van der Waals surface area contributed by atoms with E-state index in [0.29, 0.717) is 12.1 Å². The quantitative estimate of drug-likeness (QED) is 0.469. The van der Waals surface area contributed by atoms with E-state index in [1.165, 1.54) is 0 Å². The summed E-state index contributed by atoms with van der Waals surface area (Å²) in [4.78, 5) is 12.1. The van der Waals surface area contributed by atoms with Crippen LogP contribution in [0.2, 0.25) is 0 Å². The van der Waals surface area contributed by atoms with Crippen molar-refractivity contribution < 1.29 is 9.36 Å². The van der Waals surface area contributed by atoms with E-state index in [0.717, 1.165) is 9.08 Å². The number of halogens is 2. The minimum absolute atomic E-state index is 0.0863. The van der Waals surface area contributed by atoms with Crippen molar-refractivity contribution in [1.29, 1.82) is 0 Å². The summed E-state index contributed by atoms with van der Waals surface area (Å²) in [5.41, 5.74) is 0.711. The molecule has 86 valence electrons. The van der Waals surface area contributed by atoms with Crippen LogP contribution in [-0.4, -0.2) is 5.78 Å². The maximum atomic E-state index is 12.1. The number of carbonyl (C=O) groups excluding carboxylic acids is 1. The number of hydrogen-bond donors (Lipinski definition) is 0. The van der Waals surface area contributed by atoms with Crippen molar-refractivity contribution in [2.24, 2.45) is 0 Å². The number of rotatable bonds is 3. The molecule has 2 nitrogen and oxygen atoms in total. The maximum absolute atomic E-state index is 12.1. The minimum Gasteiger partial charge on any atom is -0.287 e. The van der Waals surface area contributed by atoms with Crippen molar-refractivity contribution in [1.82, 2.24) is 0 Å². The van der Waals surface area contributed by atoms with Crippen LogP contribution in [0.15, 0.2) is 57.7 Å². The topological polar surface area (TPSA) is 20.9 Å². The normalized spacial score (nSPS) is 10.2. The fourth-order valence-electron chi connectivity index (χ4n) is 1.49. The molecule has 2 rings (SSSR count). The summed E-state index contributed by atoms with van der Waals surface area (Å²) >= 11 is 6.78. The molecular formula is C13H10Br2NO+. The first-order chi connectivity index (χ1) is 8.16. The van der Waals surface area contributed by atoms with Crippen LogP contribution in [0.4, 0.5) is 0 Å². The molecule has 0 N–H and O–H groups in total. The molecule has 0 saturated heterocycles. The molecule has 4 heteroatoms. The van der Waals surface area contributed by atoms with Crippen molar-refractivity contribution in [3.8, 4) is 0 Å². The highest BCUT2D eigenvalue weighted by Gasteiger charge is 2.14. The monoisotopic (exact) mass is 354 g/mol. The van der Waals surface area contributed by atoms with Crippen LogP contribution >= 0.6 is 31.9 Å². The lowest BCUT2D eigenvalue weighted by Crippen LogP contribution is -2.38. The first-order valence-electron chi connectivity index (χ1n) is 5.09. The Kier molecular flexibility index (Phi) is 4.07.